The molecule has 1 fully saturated rings. The van der Waals surface area contributed by atoms with Gasteiger partial charge in [0.05, 0.1) is 12.2 Å². The third kappa shape index (κ3) is 3.42. The minimum Gasteiger partial charge on any atom is -0.410 e. The fraction of sp³-hybridized carbons (Fsp3) is 0.667. The van der Waals surface area contributed by atoms with Crippen LogP contribution < -0.4 is 0 Å². The van der Waals surface area contributed by atoms with Gasteiger partial charge in [0, 0.05) is 18.0 Å². The molecular formula is C15H23N3O3. The van der Waals surface area contributed by atoms with E-state index in [2.05, 4.69) is 5.16 Å². The van der Waals surface area contributed by atoms with Crippen LogP contribution in [0.4, 0.5) is 0 Å². The van der Waals surface area contributed by atoms with Crippen LogP contribution in [0.3, 0.4) is 0 Å². The highest BCUT2D eigenvalue weighted by Gasteiger charge is 2.44. The topological polar surface area (TPSA) is 96.9 Å². The summed E-state index contributed by atoms with van der Waals surface area (Å²) >= 11 is 0. The molecule has 3 unspecified atom stereocenters. The van der Waals surface area contributed by atoms with Crippen LogP contribution in [0.2, 0.25) is 0 Å². The fourth-order valence-electron chi connectivity index (χ4n) is 2.81. The van der Waals surface area contributed by atoms with Gasteiger partial charge in [-0.25, -0.2) is 0 Å². The van der Waals surface area contributed by atoms with Crippen LogP contribution in [0.1, 0.15) is 46.5 Å². The highest BCUT2D eigenvalue weighted by molar-refractivity contribution is 6.41. The van der Waals surface area contributed by atoms with E-state index in [1.54, 1.807) is 19.2 Å². The second-order valence-corrected chi connectivity index (χ2v) is 5.38. The number of aliphatic hydroxyl groups excluding tert-OH is 1. The van der Waals surface area contributed by atoms with Crippen LogP contribution in [0.15, 0.2) is 17.4 Å². The van der Waals surface area contributed by atoms with E-state index in [0.717, 1.165) is 0 Å². The van der Waals surface area contributed by atoms with Crippen LogP contribution in [0, 0.1) is 16.7 Å². The number of carbonyl (C=O) groups is 1. The molecule has 0 radical (unpaired) electrons. The van der Waals surface area contributed by atoms with Crippen molar-refractivity contribution in [3.63, 3.8) is 0 Å². The van der Waals surface area contributed by atoms with Crippen molar-refractivity contribution in [1.29, 1.82) is 5.26 Å². The third-order valence-electron chi connectivity index (χ3n) is 3.93. The molecule has 3 atom stereocenters. The van der Waals surface area contributed by atoms with Crippen LogP contribution in [-0.2, 0) is 4.79 Å². The fourth-order valence-corrected chi connectivity index (χ4v) is 2.81. The average molecular weight is 293 g/mol. The first-order valence-electron chi connectivity index (χ1n) is 7.31. The lowest BCUT2D eigenvalue weighted by atomic mass is 9.82. The van der Waals surface area contributed by atoms with Gasteiger partial charge in [-0.05, 0) is 19.3 Å². The van der Waals surface area contributed by atoms with E-state index in [9.17, 15) is 15.1 Å². The Kier molecular flexibility index (Phi) is 5.91. The van der Waals surface area contributed by atoms with Gasteiger partial charge in [-0.15, -0.1) is 0 Å². The third-order valence-corrected chi connectivity index (χ3v) is 3.93. The number of hydrogen-bond acceptors (Lipinski definition) is 5. The highest BCUT2D eigenvalue weighted by atomic mass is 16.4. The first kappa shape index (κ1) is 17.2. The molecule has 0 spiro atoms. The smallest absolute Gasteiger partial charge is 0.277 e. The second-order valence-electron chi connectivity index (χ2n) is 5.38. The summed E-state index contributed by atoms with van der Waals surface area (Å²) in [6.45, 7) is 5.80. The summed E-state index contributed by atoms with van der Waals surface area (Å²) in [6, 6.07) is 1.50. The predicted octanol–water partition coefficient (Wildman–Crippen LogP) is 2.03. The highest BCUT2D eigenvalue weighted by Crippen LogP contribution is 2.40. The maximum atomic E-state index is 12.4. The lowest BCUT2D eigenvalue weighted by molar-refractivity contribution is -0.123. The maximum Gasteiger partial charge on any atom is 0.277 e. The van der Waals surface area contributed by atoms with Crippen molar-refractivity contribution in [2.24, 2.45) is 10.6 Å². The number of aliphatic hydroxyl groups is 1. The summed E-state index contributed by atoms with van der Waals surface area (Å²) in [4.78, 5) is 13.7. The summed E-state index contributed by atoms with van der Waals surface area (Å²) in [7, 11) is 0. The van der Waals surface area contributed by atoms with Crippen LogP contribution in [0.25, 0.3) is 0 Å². The summed E-state index contributed by atoms with van der Waals surface area (Å²) in [5, 5.41) is 31.0. The van der Waals surface area contributed by atoms with Crippen molar-refractivity contribution in [3.8, 4) is 6.07 Å². The van der Waals surface area contributed by atoms with Crippen molar-refractivity contribution in [2.75, 3.05) is 0 Å². The number of carbonyl (C=O) groups excluding carboxylic acids is 1. The Morgan fingerprint density at radius 3 is 2.67 bits per heavy atom. The van der Waals surface area contributed by atoms with Gasteiger partial charge in [-0.1, -0.05) is 32.0 Å². The zero-order chi connectivity index (χ0) is 16.0. The van der Waals surface area contributed by atoms with Crippen LogP contribution >= 0.6 is 0 Å². The van der Waals surface area contributed by atoms with Gasteiger partial charge in [-0.3, -0.25) is 9.69 Å². The summed E-state index contributed by atoms with van der Waals surface area (Å²) < 4.78 is 0. The molecule has 1 amide bonds. The van der Waals surface area contributed by atoms with Crippen LogP contribution in [0.5, 0.6) is 0 Å². The molecule has 2 N–H and O–H groups in total. The van der Waals surface area contributed by atoms with Gasteiger partial charge in [0.2, 0.25) is 0 Å². The standard InChI is InChI=1S/C13H17N3O3.C2H6/c1-13(5-4-10(17)7-13)11(15-19)12(18)16-6-2-3-9(16)8-14;1-2/h2,6,9-10,17,19H,3-5,7H2,1H3;1-2H3/b15-11-;. The molecule has 0 aromatic carbocycles. The van der Waals surface area contributed by atoms with E-state index in [-0.39, 0.29) is 5.71 Å². The predicted molar refractivity (Wildman–Crippen MR) is 78.5 cm³/mol. The number of oxime groups is 1. The monoisotopic (exact) mass is 293 g/mol. The Bertz CT molecular complexity index is 481. The Balaban J connectivity index is 0.00000106. The van der Waals surface area contributed by atoms with Gasteiger partial charge in [-0.2, -0.15) is 5.26 Å². The number of nitriles is 1. The van der Waals surface area contributed by atoms with Crippen molar-refractivity contribution in [3.05, 3.63) is 12.3 Å². The lowest BCUT2D eigenvalue weighted by Gasteiger charge is -2.27. The molecule has 0 aromatic heterocycles. The zero-order valence-electron chi connectivity index (χ0n) is 12.8. The minimum absolute atomic E-state index is 0.0239. The van der Waals surface area contributed by atoms with Crippen molar-refractivity contribution in [1.82, 2.24) is 4.90 Å². The molecule has 116 valence electrons. The first-order valence-corrected chi connectivity index (χ1v) is 7.31. The quantitative estimate of drug-likeness (QED) is 0.462. The SMILES string of the molecule is CC.CC1(/C(=N\O)C(=O)N2C=CCC2C#N)CCC(O)C1. The number of amides is 1. The molecule has 0 aromatic rings. The average Bonchev–Trinajstić information content (AvgIpc) is 3.08. The van der Waals surface area contributed by atoms with Crippen molar-refractivity contribution < 1.29 is 15.1 Å². The van der Waals surface area contributed by atoms with E-state index >= 15 is 0 Å². The maximum absolute atomic E-state index is 12.4. The first-order chi connectivity index (χ1) is 10.0. The number of rotatable bonds is 2. The normalized spacial score (nSPS) is 31.6. The Morgan fingerprint density at radius 2 is 2.19 bits per heavy atom. The molecule has 2 rings (SSSR count). The van der Waals surface area contributed by atoms with Crippen LogP contribution in [-0.4, -0.2) is 39.0 Å². The van der Waals surface area contributed by atoms with Crippen molar-refractivity contribution >= 4 is 11.6 Å². The molecule has 1 aliphatic carbocycles. The van der Waals surface area contributed by atoms with Gasteiger partial charge in [0.1, 0.15) is 6.04 Å². The molecule has 1 aliphatic heterocycles. The lowest BCUT2D eigenvalue weighted by Crippen LogP contribution is -2.43. The van der Waals surface area contributed by atoms with Crippen molar-refractivity contribution in [2.45, 2.75) is 58.6 Å². The Hall–Kier alpha value is -1.87. The summed E-state index contributed by atoms with van der Waals surface area (Å²) in [6.07, 6.45) is 4.88. The van der Waals surface area contributed by atoms with E-state index in [1.165, 1.54) is 4.90 Å². The Morgan fingerprint density at radius 1 is 1.52 bits per heavy atom. The largest absolute Gasteiger partial charge is 0.410 e. The van der Waals surface area contributed by atoms with Gasteiger partial charge < -0.3 is 10.3 Å². The molecule has 6 nitrogen and oxygen atoms in total. The Labute approximate surface area is 125 Å². The molecule has 21 heavy (non-hydrogen) atoms. The van der Waals surface area contributed by atoms with Gasteiger partial charge in [0.25, 0.3) is 5.91 Å². The molecule has 1 heterocycles. The van der Waals surface area contributed by atoms with E-state index in [0.29, 0.717) is 25.7 Å². The molecule has 2 aliphatic rings. The minimum atomic E-state index is -0.637. The molecule has 0 saturated heterocycles. The summed E-state index contributed by atoms with van der Waals surface area (Å²) in [5.74, 6) is -0.459. The number of nitrogens with zero attached hydrogens (tertiary/aromatic N) is 3. The molecule has 6 heteroatoms. The van der Waals surface area contributed by atoms with E-state index in [1.807, 2.05) is 19.9 Å². The molecule has 0 bridgehead atoms. The zero-order valence-corrected chi connectivity index (χ0v) is 12.8. The number of hydrogen-bond donors (Lipinski definition) is 2. The van der Waals surface area contributed by atoms with E-state index < -0.39 is 23.5 Å². The van der Waals surface area contributed by atoms with Gasteiger partial charge >= 0.3 is 0 Å². The molecular weight excluding hydrogens is 270 g/mol. The van der Waals surface area contributed by atoms with E-state index in [4.69, 9.17) is 5.26 Å². The molecule has 1 saturated carbocycles. The second kappa shape index (κ2) is 7.23. The van der Waals surface area contributed by atoms with Gasteiger partial charge in [0.15, 0.2) is 5.71 Å². The summed E-state index contributed by atoms with van der Waals surface area (Å²) in [5.41, 5.74) is -0.613.